The molecule has 1 N–H and O–H groups in total. The zero-order valence-electron chi connectivity index (χ0n) is 12.5. The van der Waals surface area contributed by atoms with E-state index >= 15 is 0 Å². The van der Waals surface area contributed by atoms with Gasteiger partial charge in [0, 0.05) is 10.5 Å². The summed E-state index contributed by atoms with van der Waals surface area (Å²) >= 11 is 3.68. The SMILES string of the molecule is CC1CCC(CCNC2CCc3c(Br)cccc32)CC1. The van der Waals surface area contributed by atoms with Gasteiger partial charge in [0.25, 0.3) is 0 Å². The van der Waals surface area contributed by atoms with Crippen LogP contribution in [0.15, 0.2) is 22.7 Å². The molecular weight excluding hydrogens is 310 g/mol. The highest BCUT2D eigenvalue weighted by molar-refractivity contribution is 9.10. The highest BCUT2D eigenvalue weighted by Crippen LogP contribution is 2.36. The van der Waals surface area contributed by atoms with Crippen molar-refractivity contribution in [3.8, 4) is 0 Å². The minimum absolute atomic E-state index is 0.588. The molecule has 0 bridgehead atoms. The summed E-state index contributed by atoms with van der Waals surface area (Å²) in [5.41, 5.74) is 3.05. The molecule has 20 heavy (non-hydrogen) atoms. The number of hydrogen-bond acceptors (Lipinski definition) is 1. The van der Waals surface area contributed by atoms with Crippen molar-refractivity contribution in [1.82, 2.24) is 5.32 Å². The second-order valence-electron chi connectivity index (χ2n) is 6.77. The molecule has 2 aliphatic rings. The topological polar surface area (TPSA) is 12.0 Å². The van der Waals surface area contributed by atoms with Gasteiger partial charge in [-0.15, -0.1) is 0 Å². The van der Waals surface area contributed by atoms with Crippen LogP contribution in [0.25, 0.3) is 0 Å². The van der Waals surface area contributed by atoms with Crippen molar-refractivity contribution in [2.24, 2.45) is 11.8 Å². The van der Waals surface area contributed by atoms with Gasteiger partial charge in [-0.2, -0.15) is 0 Å². The van der Waals surface area contributed by atoms with E-state index in [9.17, 15) is 0 Å². The third-order valence-electron chi connectivity index (χ3n) is 5.29. The zero-order chi connectivity index (χ0) is 13.9. The Bertz CT molecular complexity index is 449. The van der Waals surface area contributed by atoms with Crippen LogP contribution in [0.2, 0.25) is 0 Å². The van der Waals surface area contributed by atoms with Crippen molar-refractivity contribution < 1.29 is 0 Å². The number of nitrogens with one attached hydrogen (secondary N) is 1. The minimum atomic E-state index is 0.588. The molecule has 1 aromatic carbocycles. The number of rotatable bonds is 4. The number of fused-ring (bicyclic) bond motifs is 1. The molecule has 0 heterocycles. The van der Waals surface area contributed by atoms with Crippen molar-refractivity contribution in [2.45, 2.75) is 57.9 Å². The third kappa shape index (κ3) is 3.28. The van der Waals surface area contributed by atoms with Crippen LogP contribution in [0.4, 0.5) is 0 Å². The first kappa shape index (κ1) is 14.6. The van der Waals surface area contributed by atoms with Crippen LogP contribution in [-0.4, -0.2) is 6.54 Å². The molecule has 2 heteroatoms. The van der Waals surface area contributed by atoms with E-state index in [1.165, 1.54) is 67.1 Å². The van der Waals surface area contributed by atoms with Crippen LogP contribution in [0.1, 0.15) is 62.6 Å². The van der Waals surface area contributed by atoms with E-state index in [0.29, 0.717) is 6.04 Å². The Morgan fingerprint density at radius 2 is 1.95 bits per heavy atom. The third-order valence-corrected chi connectivity index (χ3v) is 6.04. The highest BCUT2D eigenvalue weighted by Gasteiger charge is 2.24. The summed E-state index contributed by atoms with van der Waals surface area (Å²) < 4.78 is 1.29. The Balaban J connectivity index is 1.48. The van der Waals surface area contributed by atoms with E-state index in [1.807, 2.05) is 0 Å². The van der Waals surface area contributed by atoms with E-state index in [4.69, 9.17) is 0 Å². The first-order chi connectivity index (χ1) is 9.74. The molecule has 110 valence electrons. The van der Waals surface area contributed by atoms with Gasteiger partial charge < -0.3 is 5.32 Å². The molecule has 0 aliphatic heterocycles. The molecule has 3 rings (SSSR count). The largest absolute Gasteiger partial charge is 0.310 e. The van der Waals surface area contributed by atoms with E-state index in [0.717, 1.165) is 11.8 Å². The normalized spacial score (nSPS) is 29.4. The summed E-state index contributed by atoms with van der Waals surface area (Å²) in [4.78, 5) is 0. The molecule has 0 amide bonds. The van der Waals surface area contributed by atoms with Gasteiger partial charge in [-0.25, -0.2) is 0 Å². The first-order valence-electron chi connectivity index (χ1n) is 8.24. The molecule has 1 unspecified atom stereocenters. The summed E-state index contributed by atoms with van der Waals surface area (Å²) in [7, 11) is 0. The monoisotopic (exact) mass is 335 g/mol. The molecule has 1 atom stereocenters. The standard InChI is InChI=1S/C18H26BrN/c1-13-5-7-14(8-6-13)11-12-20-18-10-9-15-16(18)3-2-4-17(15)19/h2-4,13-14,18,20H,5-12H2,1H3. The van der Waals surface area contributed by atoms with Crippen molar-refractivity contribution >= 4 is 15.9 Å². The molecule has 1 saturated carbocycles. The van der Waals surface area contributed by atoms with E-state index in [2.05, 4.69) is 46.4 Å². The maximum absolute atomic E-state index is 3.80. The van der Waals surface area contributed by atoms with Crippen molar-refractivity contribution in [3.05, 3.63) is 33.8 Å². The number of benzene rings is 1. The van der Waals surface area contributed by atoms with Crippen LogP contribution < -0.4 is 5.32 Å². The Hall–Kier alpha value is -0.340. The zero-order valence-corrected chi connectivity index (χ0v) is 14.1. The second-order valence-corrected chi connectivity index (χ2v) is 7.62. The van der Waals surface area contributed by atoms with Crippen molar-refractivity contribution in [2.75, 3.05) is 6.54 Å². The van der Waals surface area contributed by atoms with E-state index < -0.39 is 0 Å². The quantitative estimate of drug-likeness (QED) is 0.793. The van der Waals surface area contributed by atoms with E-state index in [-0.39, 0.29) is 0 Å². The fourth-order valence-electron chi connectivity index (χ4n) is 3.90. The average molecular weight is 336 g/mol. The maximum atomic E-state index is 3.80. The Labute approximate surface area is 131 Å². The van der Waals surface area contributed by atoms with Gasteiger partial charge in [-0.3, -0.25) is 0 Å². The molecular formula is C18H26BrN. The van der Waals surface area contributed by atoms with Crippen LogP contribution in [0.5, 0.6) is 0 Å². The summed E-state index contributed by atoms with van der Waals surface area (Å²) in [5.74, 6) is 1.94. The van der Waals surface area contributed by atoms with Gasteiger partial charge in [-0.05, 0) is 54.8 Å². The number of hydrogen-bond donors (Lipinski definition) is 1. The second kappa shape index (κ2) is 6.62. The Morgan fingerprint density at radius 1 is 1.15 bits per heavy atom. The number of halogens is 1. The predicted molar refractivity (Wildman–Crippen MR) is 88.9 cm³/mol. The fourth-order valence-corrected chi connectivity index (χ4v) is 4.48. The Kier molecular flexibility index (Phi) is 4.83. The lowest BCUT2D eigenvalue weighted by Gasteiger charge is -2.26. The lowest BCUT2D eigenvalue weighted by Crippen LogP contribution is -2.23. The molecule has 0 saturated heterocycles. The molecule has 1 fully saturated rings. The lowest BCUT2D eigenvalue weighted by atomic mass is 9.81. The first-order valence-corrected chi connectivity index (χ1v) is 9.04. The molecule has 0 radical (unpaired) electrons. The van der Waals surface area contributed by atoms with E-state index in [1.54, 1.807) is 0 Å². The van der Waals surface area contributed by atoms with Gasteiger partial charge in [-0.1, -0.05) is 60.7 Å². The minimum Gasteiger partial charge on any atom is -0.310 e. The molecule has 0 aromatic heterocycles. The van der Waals surface area contributed by atoms with Gasteiger partial charge in [0.1, 0.15) is 0 Å². The van der Waals surface area contributed by atoms with Crippen molar-refractivity contribution in [1.29, 1.82) is 0 Å². The molecule has 0 spiro atoms. The van der Waals surface area contributed by atoms with Crippen LogP contribution >= 0.6 is 15.9 Å². The lowest BCUT2D eigenvalue weighted by molar-refractivity contribution is 0.272. The molecule has 2 aliphatic carbocycles. The Morgan fingerprint density at radius 3 is 2.75 bits per heavy atom. The highest BCUT2D eigenvalue weighted by atomic mass is 79.9. The van der Waals surface area contributed by atoms with Gasteiger partial charge in [0.05, 0.1) is 0 Å². The average Bonchev–Trinajstić information content (AvgIpc) is 2.86. The van der Waals surface area contributed by atoms with Crippen LogP contribution in [0, 0.1) is 11.8 Å². The molecule has 1 aromatic rings. The molecule has 1 nitrogen and oxygen atoms in total. The summed E-state index contributed by atoms with van der Waals surface area (Å²) in [6.45, 7) is 3.59. The van der Waals surface area contributed by atoms with Crippen LogP contribution in [-0.2, 0) is 6.42 Å². The predicted octanol–water partition coefficient (Wildman–Crippen LogP) is 5.24. The fraction of sp³-hybridized carbons (Fsp3) is 0.667. The summed E-state index contributed by atoms with van der Waals surface area (Å²) in [5, 5.41) is 3.80. The summed E-state index contributed by atoms with van der Waals surface area (Å²) in [6, 6.07) is 7.23. The van der Waals surface area contributed by atoms with Crippen LogP contribution in [0.3, 0.4) is 0 Å². The maximum Gasteiger partial charge on any atom is 0.0326 e. The van der Waals surface area contributed by atoms with Gasteiger partial charge >= 0.3 is 0 Å². The van der Waals surface area contributed by atoms with Gasteiger partial charge in [0.15, 0.2) is 0 Å². The van der Waals surface area contributed by atoms with Crippen molar-refractivity contribution in [3.63, 3.8) is 0 Å². The smallest absolute Gasteiger partial charge is 0.0326 e. The van der Waals surface area contributed by atoms with Gasteiger partial charge in [0.2, 0.25) is 0 Å². The summed E-state index contributed by atoms with van der Waals surface area (Å²) in [6.07, 6.45) is 9.65.